The van der Waals surface area contributed by atoms with E-state index in [1.807, 2.05) is 37.3 Å². The molecule has 1 aromatic carbocycles. The van der Waals surface area contributed by atoms with E-state index >= 15 is 0 Å². The number of hydrogen-bond acceptors (Lipinski definition) is 4. The van der Waals surface area contributed by atoms with Gasteiger partial charge in [-0.15, -0.1) is 0 Å². The van der Waals surface area contributed by atoms with Gasteiger partial charge in [0.2, 0.25) is 5.91 Å². The maximum atomic E-state index is 13.1. The van der Waals surface area contributed by atoms with Crippen molar-refractivity contribution in [2.45, 2.75) is 25.3 Å². The van der Waals surface area contributed by atoms with Gasteiger partial charge in [-0.1, -0.05) is 43.7 Å². The summed E-state index contributed by atoms with van der Waals surface area (Å²) in [7, 11) is 0. The van der Waals surface area contributed by atoms with Crippen LogP contribution >= 0.6 is 0 Å². The molecule has 134 valence electrons. The quantitative estimate of drug-likeness (QED) is 0.811. The van der Waals surface area contributed by atoms with Crippen molar-refractivity contribution in [2.24, 2.45) is 0 Å². The second kappa shape index (κ2) is 7.23. The van der Waals surface area contributed by atoms with E-state index in [1.54, 1.807) is 4.90 Å². The number of carbonyl (C=O) groups excluding carboxylic acids is 3. The zero-order valence-electron chi connectivity index (χ0n) is 14.4. The van der Waals surface area contributed by atoms with Crippen LogP contribution in [0.25, 0.3) is 0 Å². The number of benzene rings is 1. The molecule has 4 amide bonds. The fraction of sp³-hybridized carbons (Fsp3) is 0.500. The zero-order valence-corrected chi connectivity index (χ0v) is 14.4. The number of nitrogens with zero attached hydrogens (tertiary/aromatic N) is 2. The van der Waals surface area contributed by atoms with Crippen LogP contribution in [0, 0.1) is 0 Å². The monoisotopic (exact) mass is 345 g/mol. The van der Waals surface area contributed by atoms with Crippen LogP contribution in [0.15, 0.2) is 30.3 Å². The molecule has 0 unspecified atom stereocenters. The summed E-state index contributed by atoms with van der Waals surface area (Å²) in [5.41, 5.74) is -0.338. The highest BCUT2D eigenvalue weighted by Gasteiger charge is 2.52. The van der Waals surface area contributed by atoms with Gasteiger partial charge >= 0.3 is 6.03 Å². The maximum absolute atomic E-state index is 13.1. The van der Waals surface area contributed by atoms with Crippen molar-refractivity contribution in [3.8, 4) is 0 Å². The Morgan fingerprint density at radius 3 is 2.52 bits per heavy atom. The highest BCUT2D eigenvalue weighted by Crippen LogP contribution is 2.33. The average molecular weight is 345 g/mol. The molecule has 2 aliphatic rings. The predicted octanol–water partition coefficient (Wildman–Crippen LogP) is 1.09. The standard InChI is InChI=1S/C18H23N3O4/c1-2-8-18(14-6-4-3-5-7-14)16(23)21(17(24)19-18)13-15(22)20-9-11-25-12-10-20/h3-7H,2,8-13H2,1H3,(H,19,24)/t18-/m1/s1. The van der Waals surface area contributed by atoms with E-state index in [1.165, 1.54) is 0 Å². The summed E-state index contributed by atoms with van der Waals surface area (Å²) >= 11 is 0. The first kappa shape index (κ1) is 17.4. The van der Waals surface area contributed by atoms with Gasteiger partial charge in [-0.25, -0.2) is 4.79 Å². The number of hydrogen-bond donors (Lipinski definition) is 1. The number of rotatable bonds is 5. The van der Waals surface area contributed by atoms with Crippen LogP contribution < -0.4 is 5.32 Å². The van der Waals surface area contributed by atoms with Crippen LogP contribution in [-0.2, 0) is 19.9 Å². The Morgan fingerprint density at radius 1 is 1.20 bits per heavy atom. The minimum absolute atomic E-state index is 0.229. The first-order valence-electron chi connectivity index (χ1n) is 8.63. The lowest BCUT2D eigenvalue weighted by atomic mass is 9.85. The van der Waals surface area contributed by atoms with Gasteiger partial charge in [0.25, 0.3) is 5.91 Å². The predicted molar refractivity (Wildman–Crippen MR) is 90.7 cm³/mol. The number of urea groups is 1. The van der Waals surface area contributed by atoms with E-state index in [0.29, 0.717) is 32.7 Å². The molecule has 7 heteroatoms. The summed E-state index contributed by atoms with van der Waals surface area (Å²) in [6, 6.07) is 8.71. The second-order valence-corrected chi connectivity index (χ2v) is 6.34. The van der Waals surface area contributed by atoms with Crippen molar-refractivity contribution in [3.63, 3.8) is 0 Å². The van der Waals surface area contributed by atoms with Gasteiger partial charge in [-0.2, -0.15) is 0 Å². The van der Waals surface area contributed by atoms with Crippen LogP contribution in [0.5, 0.6) is 0 Å². The minimum atomic E-state index is -1.08. The van der Waals surface area contributed by atoms with Crippen molar-refractivity contribution in [2.75, 3.05) is 32.8 Å². The summed E-state index contributed by atoms with van der Waals surface area (Å²) in [6.07, 6.45) is 1.22. The molecule has 2 fully saturated rings. The molecule has 2 saturated heterocycles. The van der Waals surface area contributed by atoms with Gasteiger partial charge in [0, 0.05) is 13.1 Å². The number of carbonyl (C=O) groups is 3. The lowest BCUT2D eigenvalue weighted by molar-refractivity contribution is -0.141. The Bertz CT molecular complexity index is 658. The van der Waals surface area contributed by atoms with Crippen molar-refractivity contribution in [1.82, 2.24) is 15.1 Å². The van der Waals surface area contributed by atoms with Crippen molar-refractivity contribution in [1.29, 1.82) is 0 Å². The smallest absolute Gasteiger partial charge is 0.325 e. The first-order chi connectivity index (χ1) is 12.1. The number of nitrogens with one attached hydrogen (secondary N) is 1. The minimum Gasteiger partial charge on any atom is -0.378 e. The molecule has 2 heterocycles. The van der Waals surface area contributed by atoms with E-state index < -0.39 is 11.6 Å². The molecule has 0 bridgehead atoms. The highest BCUT2D eigenvalue weighted by atomic mass is 16.5. The van der Waals surface area contributed by atoms with Gasteiger partial charge in [-0.3, -0.25) is 14.5 Å². The van der Waals surface area contributed by atoms with Gasteiger partial charge in [0.15, 0.2) is 0 Å². The van der Waals surface area contributed by atoms with Crippen molar-refractivity contribution in [3.05, 3.63) is 35.9 Å². The van der Waals surface area contributed by atoms with Gasteiger partial charge in [0.1, 0.15) is 12.1 Å². The second-order valence-electron chi connectivity index (χ2n) is 6.34. The molecule has 0 saturated carbocycles. The van der Waals surface area contributed by atoms with Crippen LogP contribution in [0.3, 0.4) is 0 Å². The SMILES string of the molecule is CCC[C@]1(c2ccccc2)NC(=O)N(CC(=O)N2CCOCC2)C1=O. The highest BCUT2D eigenvalue weighted by molar-refractivity contribution is 6.09. The molecule has 1 N–H and O–H groups in total. The van der Waals surface area contributed by atoms with Crippen molar-refractivity contribution < 1.29 is 19.1 Å². The molecule has 1 aromatic rings. The Balaban J connectivity index is 1.81. The van der Waals surface area contributed by atoms with E-state index in [9.17, 15) is 14.4 Å². The Kier molecular flexibility index (Phi) is 5.03. The van der Waals surface area contributed by atoms with Crippen LogP contribution in [0.4, 0.5) is 4.79 Å². The lowest BCUT2D eigenvalue weighted by Crippen LogP contribution is -2.48. The molecule has 2 aliphatic heterocycles. The summed E-state index contributed by atoms with van der Waals surface area (Å²) in [5.74, 6) is -0.584. The average Bonchev–Trinajstić information content (AvgIpc) is 2.88. The van der Waals surface area contributed by atoms with Crippen LogP contribution in [0.1, 0.15) is 25.3 Å². The third-order valence-corrected chi connectivity index (χ3v) is 4.72. The molecule has 0 aliphatic carbocycles. The summed E-state index contributed by atoms with van der Waals surface area (Å²) in [4.78, 5) is 40.7. The fourth-order valence-corrected chi connectivity index (χ4v) is 3.42. The number of amides is 4. The number of imide groups is 1. The van der Waals surface area contributed by atoms with Crippen molar-refractivity contribution >= 4 is 17.8 Å². The van der Waals surface area contributed by atoms with Crippen LogP contribution in [-0.4, -0.2) is 60.5 Å². The molecule has 0 aromatic heterocycles. The maximum Gasteiger partial charge on any atom is 0.325 e. The lowest BCUT2D eigenvalue weighted by Gasteiger charge is -2.29. The molecule has 7 nitrogen and oxygen atoms in total. The summed E-state index contributed by atoms with van der Waals surface area (Å²) in [5, 5.41) is 2.83. The molecule has 3 rings (SSSR count). The fourth-order valence-electron chi connectivity index (χ4n) is 3.42. The molecule has 25 heavy (non-hydrogen) atoms. The first-order valence-corrected chi connectivity index (χ1v) is 8.63. The summed E-state index contributed by atoms with van der Waals surface area (Å²) < 4.78 is 5.23. The van der Waals surface area contributed by atoms with E-state index in [0.717, 1.165) is 16.9 Å². The number of morpholine rings is 1. The third-order valence-electron chi connectivity index (χ3n) is 4.72. The third kappa shape index (κ3) is 3.24. The molecule has 0 spiro atoms. The van der Waals surface area contributed by atoms with Gasteiger partial charge < -0.3 is 15.0 Å². The van der Waals surface area contributed by atoms with Gasteiger partial charge in [-0.05, 0) is 12.0 Å². The van der Waals surface area contributed by atoms with E-state index in [2.05, 4.69) is 5.32 Å². The number of ether oxygens (including phenoxy) is 1. The molecule has 1 atom stereocenters. The Labute approximate surface area is 146 Å². The zero-order chi connectivity index (χ0) is 17.9. The normalized spacial score (nSPS) is 23.7. The van der Waals surface area contributed by atoms with E-state index in [4.69, 9.17) is 4.74 Å². The van der Waals surface area contributed by atoms with Crippen LogP contribution in [0.2, 0.25) is 0 Å². The van der Waals surface area contributed by atoms with E-state index in [-0.39, 0.29) is 18.4 Å². The largest absolute Gasteiger partial charge is 0.378 e. The Hall–Kier alpha value is -2.41. The molecule has 0 radical (unpaired) electrons. The molecular weight excluding hydrogens is 322 g/mol. The topological polar surface area (TPSA) is 79.0 Å². The summed E-state index contributed by atoms with van der Waals surface area (Å²) in [6.45, 7) is 3.67. The molecular formula is C18H23N3O4. The Morgan fingerprint density at radius 2 is 1.88 bits per heavy atom. The van der Waals surface area contributed by atoms with Gasteiger partial charge in [0.05, 0.1) is 13.2 Å².